The summed E-state index contributed by atoms with van der Waals surface area (Å²) in [6, 6.07) is 4.06. The van der Waals surface area contributed by atoms with Gasteiger partial charge in [0.25, 0.3) is 0 Å². The summed E-state index contributed by atoms with van der Waals surface area (Å²) >= 11 is 0. The van der Waals surface area contributed by atoms with Crippen molar-refractivity contribution in [2.24, 2.45) is 5.41 Å². The zero-order valence-corrected chi connectivity index (χ0v) is 11.3. The summed E-state index contributed by atoms with van der Waals surface area (Å²) in [6.07, 6.45) is 2.85. The van der Waals surface area contributed by atoms with Gasteiger partial charge in [0.1, 0.15) is 0 Å². The molecule has 1 unspecified atom stereocenters. The van der Waals surface area contributed by atoms with Gasteiger partial charge >= 0.3 is 0 Å². The molecule has 2 nitrogen and oxygen atoms in total. The van der Waals surface area contributed by atoms with Crippen molar-refractivity contribution in [3.8, 4) is 0 Å². The molecule has 1 atom stereocenters. The Morgan fingerprint density at radius 1 is 1.42 bits per heavy atom. The Bertz CT molecular complexity index is 485. The summed E-state index contributed by atoms with van der Waals surface area (Å²) in [6.45, 7) is 4.34. The maximum Gasteiger partial charge on any atom is 0.224 e. The second-order valence-corrected chi connectivity index (χ2v) is 6.06. The Kier molecular flexibility index (Phi) is 3.88. The maximum absolute atomic E-state index is 13.4. The van der Waals surface area contributed by atoms with Gasteiger partial charge in [0.15, 0.2) is 11.6 Å². The van der Waals surface area contributed by atoms with E-state index in [9.17, 15) is 13.6 Å². The Balaban J connectivity index is 1.93. The average molecular weight is 267 g/mol. The van der Waals surface area contributed by atoms with E-state index in [1.54, 1.807) is 0 Å². The number of nitrogens with one attached hydrogen (secondary N) is 1. The number of carbonyl (C=O) groups excluding carboxylic acids is 1. The van der Waals surface area contributed by atoms with E-state index >= 15 is 0 Å². The van der Waals surface area contributed by atoms with E-state index in [1.165, 1.54) is 12.1 Å². The Labute approximate surface area is 112 Å². The van der Waals surface area contributed by atoms with Gasteiger partial charge in [0.05, 0.1) is 6.42 Å². The minimum absolute atomic E-state index is 0.106. The quantitative estimate of drug-likeness (QED) is 0.895. The molecule has 0 bridgehead atoms. The molecule has 0 saturated heterocycles. The normalized spacial score (nSPS) is 21.4. The Morgan fingerprint density at radius 2 is 2.16 bits per heavy atom. The molecule has 104 valence electrons. The molecule has 0 radical (unpaired) electrons. The molecule has 19 heavy (non-hydrogen) atoms. The van der Waals surface area contributed by atoms with Gasteiger partial charge in [-0.2, -0.15) is 0 Å². The third kappa shape index (κ3) is 3.52. The lowest BCUT2D eigenvalue weighted by Crippen LogP contribution is -2.34. The van der Waals surface area contributed by atoms with Crippen LogP contribution in [0.3, 0.4) is 0 Å². The largest absolute Gasteiger partial charge is 0.353 e. The third-order valence-corrected chi connectivity index (χ3v) is 3.72. The average Bonchev–Trinajstić information content (AvgIpc) is 2.64. The zero-order chi connectivity index (χ0) is 14.0. The van der Waals surface area contributed by atoms with Crippen molar-refractivity contribution in [3.63, 3.8) is 0 Å². The summed E-state index contributed by atoms with van der Waals surface area (Å²) in [4.78, 5) is 11.8. The van der Waals surface area contributed by atoms with E-state index < -0.39 is 11.6 Å². The smallest absolute Gasteiger partial charge is 0.224 e. The predicted molar refractivity (Wildman–Crippen MR) is 69.6 cm³/mol. The zero-order valence-electron chi connectivity index (χ0n) is 11.3. The number of carbonyl (C=O) groups is 1. The van der Waals surface area contributed by atoms with Crippen LogP contribution in [0.25, 0.3) is 0 Å². The van der Waals surface area contributed by atoms with Crippen LogP contribution in [0.4, 0.5) is 8.78 Å². The molecule has 4 heteroatoms. The van der Waals surface area contributed by atoms with E-state index in [2.05, 4.69) is 19.2 Å². The summed E-state index contributed by atoms with van der Waals surface area (Å²) in [5.74, 6) is -2.08. The number of amides is 1. The van der Waals surface area contributed by atoms with Crippen molar-refractivity contribution in [3.05, 3.63) is 35.4 Å². The van der Waals surface area contributed by atoms with Crippen molar-refractivity contribution in [1.29, 1.82) is 0 Å². The molecule has 1 aromatic carbocycles. The highest BCUT2D eigenvalue weighted by Crippen LogP contribution is 2.36. The minimum atomic E-state index is -0.926. The van der Waals surface area contributed by atoms with E-state index in [0.29, 0.717) is 0 Å². The third-order valence-electron chi connectivity index (χ3n) is 3.72. The highest BCUT2D eigenvalue weighted by Gasteiger charge is 2.31. The monoisotopic (exact) mass is 267 g/mol. The Hall–Kier alpha value is -1.45. The lowest BCUT2D eigenvalue weighted by atomic mass is 9.92. The molecule has 2 rings (SSSR count). The van der Waals surface area contributed by atoms with Crippen molar-refractivity contribution in [2.45, 2.75) is 45.6 Å². The Morgan fingerprint density at radius 3 is 2.79 bits per heavy atom. The predicted octanol–water partition coefficient (Wildman–Crippen LogP) is 3.20. The van der Waals surface area contributed by atoms with Crippen LogP contribution >= 0.6 is 0 Å². The second kappa shape index (κ2) is 5.27. The SMILES string of the molecule is CC1(C)CCC(NC(=O)Cc2cccc(F)c2F)C1. The lowest BCUT2D eigenvalue weighted by Gasteiger charge is -2.18. The summed E-state index contributed by atoms with van der Waals surface area (Å²) < 4.78 is 26.5. The molecular formula is C15H19F2NO. The van der Waals surface area contributed by atoms with E-state index in [4.69, 9.17) is 0 Å². The summed E-state index contributed by atoms with van der Waals surface area (Å²) in [7, 11) is 0. The highest BCUT2D eigenvalue weighted by molar-refractivity contribution is 5.79. The molecule has 0 heterocycles. The number of rotatable bonds is 3. The molecule has 1 fully saturated rings. The number of benzene rings is 1. The van der Waals surface area contributed by atoms with Crippen LogP contribution in [0.1, 0.15) is 38.7 Å². The summed E-state index contributed by atoms with van der Waals surface area (Å²) in [5, 5.41) is 2.90. The number of halogens is 2. The first-order valence-corrected chi connectivity index (χ1v) is 6.60. The molecule has 0 aliphatic heterocycles. The standard InChI is InChI=1S/C15H19F2NO/c1-15(2)7-6-11(9-15)18-13(19)8-10-4-3-5-12(16)14(10)17/h3-5,11H,6-9H2,1-2H3,(H,18,19). The van der Waals surface area contributed by atoms with Gasteiger partial charge in [-0.15, -0.1) is 0 Å². The van der Waals surface area contributed by atoms with Crippen LogP contribution in [-0.2, 0) is 11.2 Å². The first-order valence-electron chi connectivity index (χ1n) is 6.60. The van der Waals surface area contributed by atoms with Crippen LogP contribution in [-0.4, -0.2) is 11.9 Å². The molecule has 1 amide bonds. The minimum Gasteiger partial charge on any atom is -0.353 e. The lowest BCUT2D eigenvalue weighted by molar-refractivity contribution is -0.121. The topological polar surface area (TPSA) is 29.1 Å². The van der Waals surface area contributed by atoms with Gasteiger partial charge < -0.3 is 5.32 Å². The van der Waals surface area contributed by atoms with E-state index in [-0.39, 0.29) is 29.3 Å². The first-order chi connectivity index (χ1) is 8.87. The maximum atomic E-state index is 13.4. The molecule has 1 aliphatic carbocycles. The van der Waals surface area contributed by atoms with Crippen molar-refractivity contribution in [1.82, 2.24) is 5.32 Å². The first kappa shape index (κ1) is 14.0. The van der Waals surface area contributed by atoms with Crippen molar-refractivity contribution in [2.75, 3.05) is 0 Å². The molecular weight excluding hydrogens is 248 g/mol. The van der Waals surface area contributed by atoms with E-state index in [1.807, 2.05) is 0 Å². The van der Waals surface area contributed by atoms with Crippen molar-refractivity contribution >= 4 is 5.91 Å². The fraction of sp³-hybridized carbons (Fsp3) is 0.533. The van der Waals surface area contributed by atoms with Crippen LogP contribution in [0, 0.1) is 17.0 Å². The van der Waals surface area contributed by atoms with Gasteiger partial charge in [-0.25, -0.2) is 8.78 Å². The second-order valence-electron chi connectivity index (χ2n) is 6.06. The van der Waals surface area contributed by atoms with Crippen LogP contribution in [0.2, 0.25) is 0 Å². The van der Waals surface area contributed by atoms with E-state index in [0.717, 1.165) is 25.3 Å². The van der Waals surface area contributed by atoms with Crippen LogP contribution in [0.5, 0.6) is 0 Å². The fourth-order valence-corrected chi connectivity index (χ4v) is 2.70. The number of hydrogen-bond acceptors (Lipinski definition) is 1. The van der Waals surface area contributed by atoms with Gasteiger partial charge in [-0.1, -0.05) is 26.0 Å². The number of hydrogen-bond donors (Lipinski definition) is 1. The van der Waals surface area contributed by atoms with Gasteiger partial charge in [0.2, 0.25) is 5.91 Å². The van der Waals surface area contributed by atoms with Crippen LogP contribution < -0.4 is 5.32 Å². The highest BCUT2D eigenvalue weighted by atomic mass is 19.2. The van der Waals surface area contributed by atoms with Crippen molar-refractivity contribution < 1.29 is 13.6 Å². The molecule has 1 aliphatic rings. The molecule has 1 saturated carbocycles. The molecule has 1 aromatic rings. The molecule has 0 spiro atoms. The van der Waals surface area contributed by atoms with Gasteiger partial charge in [0, 0.05) is 11.6 Å². The van der Waals surface area contributed by atoms with Gasteiger partial charge in [-0.3, -0.25) is 4.79 Å². The van der Waals surface area contributed by atoms with Gasteiger partial charge in [-0.05, 0) is 30.7 Å². The molecule has 0 aromatic heterocycles. The fourth-order valence-electron chi connectivity index (χ4n) is 2.70. The summed E-state index contributed by atoms with van der Waals surface area (Å²) in [5.41, 5.74) is 0.358. The van der Waals surface area contributed by atoms with Crippen LogP contribution in [0.15, 0.2) is 18.2 Å². The molecule has 1 N–H and O–H groups in total.